The predicted octanol–water partition coefficient (Wildman–Crippen LogP) is 15.2. The van der Waals surface area contributed by atoms with Crippen LogP contribution in [0.3, 0.4) is 0 Å². The fraction of sp³-hybridized carbons (Fsp3) is 0.0526. The van der Waals surface area contributed by atoms with E-state index < -0.39 is 0 Å². The molecule has 0 saturated carbocycles. The monoisotopic (exact) mass is 767 g/mol. The van der Waals surface area contributed by atoms with Gasteiger partial charge in [-0.25, -0.2) is 9.97 Å². The molecular weight excluding hydrogens is 727 g/mol. The summed E-state index contributed by atoms with van der Waals surface area (Å²) in [5.41, 5.74) is 18.1. The molecule has 0 atom stereocenters. The third-order valence-corrected chi connectivity index (χ3v) is 12.3. The molecule has 11 rings (SSSR count). The minimum Gasteiger partial charge on any atom is -0.310 e. The van der Waals surface area contributed by atoms with Gasteiger partial charge in [0.25, 0.3) is 0 Å². The number of hydrogen-bond acceptors (Lipinski definition) is 3. The van der Waals surface area contributed by atoms with Crippen LogP contribution in [-0.2, 0) is 5.41 Å². The van der Waals surface area contributed by atoms with Gasteiger partial charge in [0.15, 0.2) is 0 Å². The van der Waals surface area contributed by atoms with E-state index in [2.05, 4.69) is 213 Å². The number of nitrogens with zero attached hydrogens (tertiary/aromatic N) is 3. The summed E-state index contributed by atoms with van der Waals surface area (Å²) in [6.45, 7) is 4.72. The summed E-state index contributed by atoms with van der Waals surface area (Å²) in [6.07, 6.45) is 0. The van der Waals surface area contributed by atoms with Crippen molar-refractivity contribution in [2.45, 2.75) is 19.3 Å². The molecule has 1 aliphatic heterocycles. The topological polar surface area (TPSA) is 29.0 Å². The third-order valence-electron chi connectivity index (χ3n) is 12.3. The van der Waals surface area contributed by atoms with Crippen LogP contribution in [0.25, 0.3) is 77.7 Å². The van der Waals surface area contributed by atoms with Crippen LogP contribution in [0.5, 0.6) is 0 Å². The molecule has 1 aromatic heterocycles. The molecule has 284 valence electrons. The average Bonchev–Trinajstić information content (AvgIpc) is 3.32. The van der Waals surface area contributed by atoms with Crippen molar-refractivity contribution in [3.63, 3.8) is 0 Å². The number of rotatable bonds is 5. The predicted molar refractivity (Wildman–Crippen MR) is 251 cm³/mol. The van der Waals surface area contributed by atoms with Crippen molar-refractivity contribution in [2.24, 2.45) is 0 Å². The van der Waals surface area contributed by atoms with E-state index in [-0.39, 0.29) is 5.41 Å². The molecule has 0 saturated heterocycles. The molecule has 0 aliphatic carbocycles. The molecule has 0 unspecified atom stereocenters. The SMILES string of the molecule is CC1(C)c2cc(-c3ccccc3)cc(c2)N(c2cccc(-c3ccccc3)c2)c2ccccc2-c2ccc(-c3nc4ccccc4nc3-c3ccccc3)c3ccc1cc23. The van der Waals surface area contributed by atoms with Gasteiger partial charge in [-0.15, -0.1) is 0 Å². The summed E-state index contributed by atoms with van der Waals surface area (Å²) in [4.78, 5) is 13.1. The van der Waals surface area contributed by atoms with Crippen LogP contribution in [0.2, 0.25) is 0 Å². The Morgan fingerprint density at radius 2 is 0.933 bits per heavy atom. The summed E-state index contributed by atoms with van der Waals surface area (Å²) < 4.78 is 0. The molecule has 1 aliphatic rings. The Bertz CT molecular complexity index is 3230. The van der Waals surface area contributed by atoms with Crippen LogP contribution in [0.15, 0.2) is 212 Å². The van der Waals surface area contributed by atoms with Crippen molar-refractivity contribution in [1.82, 2.24) is 9.97 Å². The van der Waals surface area contributed by atoms with Crippen LogP contribution in [0.1, 0.15) is 25.0 Å². The lowest BCUT2D eigenvalue weighted by Gasteiger charge is -2.31. The van der Waals surface area contributed by atoms with Gasteiger partial charge >= 0.3 is 0 Å². The second-order valence-corrected chi connectivity index (χ2v) is 16.2. The Labute approximate surface area is 350 Å². The lowest BCUT2D eigenvalue weighted by molar-refractivity contribution is 0.642. The normalized spacial score (nSPS) is 12.9. The zero-order valence-electron chi connectivity index (χ0n) is 33.5. The first-order valence-electron chi connectivity index (χ1n) is 20.7. The van der Waals surface area contributed by atoms with E-state index in [1.54, 1.807) is 0 Å². The van der Waals surface area contributed by atoms with Gasteiger partial charge in [0.2, 0.25) is 0 Å². The van der Waals surface area contributed by atoms with Crippen LogP contribution in [0, 0.1) is 0 Å². The highest BCUT2D eigenvalue weighted by molar-refractivity contribution is 6.09. The quantitative estimate of drug-likeness (QED) is 0.175. The molecule has 9 aromatic carbocycles. The average molecular weight is 768 g/mol. The number of fused-ring (bicyclic) bond motifs is 6. The highest BCUT2D eigenvalue weighted by Gasteiger charge is 2.29. The van der Waals surface area contributed by atoms with Crippen LogP contribution >= 0.6 is 0 Å². The molecule has 10 aromatic rings. The molecule has 4 bridgehead atoms. The summed E-state index contributed by atoms with van der Waals surface area (Å²) >= 11 is 0. The second-order valence-electron chi connectivity index (χ2n) is 16.2. The van der Waals surface area contributed by atoms with Crippen molar-refractivity contribution in [2.75, 3.05) is 4.90 Å². The molecule has 2 heterocycles. The Hall–Kier alpha value is -7.62. The molecule has 0 N–H and O–H groups in total. The molecule has 0 amide bonds. The summed E-state index contributed by atoms with van der Waals surface area (Å²) in [6, 6.07) is 76.7. The number of aromatic nitrogens is 2. The standard InChI is InChI=1S/C57H41N3/c1-57(2)43-29-30-48-50(56-55(40-21-10-5-11-22-40)58-52-26-13-14-27-53(52)59-56)32-31-47(51(48)37-43)49-25-12-15-28-54(49)60(45-24-16-23-41(34-45)38-17-6-3-7-18-38)46-35-42(33-44(57)36-46)39-19-8-4-9-20-39/h3-37H,1-2H3. The first-order chi connectivity index (χ1) is 29.5. The maximum Gasteiger partial charge on any atom is 0.0979 e. The summed E-state index contributed by atoms with van der Waals surface area (Å²) in [5, 5.41) is 2.31. The fourth-order valence-electron chi connectivity index (χ4n) is 9.01. The molecular formula is C57H41N3. The van der Waals surface area contributed by atoms with E-state index in [4.69, 9.17) is 9.97 Å². The van der Waals surface area contributed by atoms with Crippen LogP contribution < -0.4 is 4.90 Å². The summed E-state index contributed by atoms with van der Waals surface area (Å²) in [5.74, 6) is 0. The Kier molecular flexibility index (Phi) is 8.49. The number of hydrogen-bond donors (Lipinski definition) is 0. The lowest BCUT2D eigenvalue weighted by Crippen LogP contribution is -2.20. The van der Waals surface area contributed by atoms with Gasteiger partial charge in [-0.2, -0.15) is 0 Å². The minimum atomic E-state index is -0.354. The van der Waals surface area contributed by atoms with Crippen molar-refractivity contribution in [1.29, 1.82) is 0 Å². The van der Waals surface area contributed by atoms with Crippen molar-refractivity contribution >= 4 is 38.9 Å². The Balaban J connectivity index is 1.22. The minimum absolute atomic E-state index is 0.354. The molecule has 0 radical (unpaired) electrons. The smallest absolute Gasteiger partial charge is 0.0979 e. The highest BCUT2D eigenvalue weighted by atomic mass is 15.1. The van der Waals surface area contributed by atoms with Gasteiger partial charge in [-0.3, -0.25) is 0 Å². The first kappa shape index (κ1) is 35.5. The lowest BCUT2D eigenvalue weighted by atomic mass is 9.76. The maximum absolute atomic E-state index is 5.38. The van der Waals surface area contributed by atoms with Crippen molar-refractivity contribution < 1.29 is 0 Å². The van der Waals surface area contributed by atoms with E-state index >= 15 is 0 Å². The van der Waals surface area contributed by atoms with Crippen molar-refractivity contribution in [3.05, 3.63) is 223 Å². The largest absolute Gasteiger partial charge is 0.310 e. The summed E-state index contributed by atoms with van der Waals surface area (Å²) in [7, 11) is 0. The molecule has 0 fully saturated rings. The molecule has 3 nitrogen and oxygen atoms in total. The zero-order valence-corrected chi connectivity index (χ0v) is 33.5. The van der Waals surface area contributed by atoms with Gasteiger partial charge in [-0.05, 0) is 98.2 Å². The van der Waals surface area contributed by atoms with E-state index in [9.17, 15) is 0 Å². The van der Waals surface area contributed by atoms with Gasteiger partial charge in [0, 0.05) is 33.5 Å². The van der Waals surface area contributed by atoms with Crippen molar-refractivity contribution in [3.8, 4) is 55.9 Å². The van der Waals surface area contributed by atoms with E-state index in [0.717, 1.165) is 61.6 Å². The van der Waals surface area contributed by atoms with Gasteiger partial charge in [-0.1, -0.05) is 178 Å². The molecule has 3 heteroatoms. The highest BCUT2D eigenvalue weighted by Crippen LogP contribution is 2.49. The molecule has 60 heavy (non-hydrogen) atoms. The third kappa shape index (κ3) is 6.06. The maximum atomic E-state index is 5.38. The van der Waals surface area contributed by atoms with Crippen LogP contribution in [-0.4, -0.2) is 9.97 Å². The van der Waals surface area contributed by atoms with Gasteiger partial charge in [0.05, 0.1) is 28.1 Å². The van der Waals surface area contributed by atoms with E-state index in [1.165, 1.54) is 44.3 Å². The zero-order chi connectivity index (χ0) is 40.2. The van der Waals surface area contributed by atoms with Crippen LogP contribution in [0.4, 0.5) is 17.1 Å². The molecule has 0 spiro atoms. The number of benzene rings is 9. The number of para-hydroxylation sites is 3. The van der Waals surface area contributed by atoms with E-state index in [1.807, 2.05) is 18.2 Å². The Morgan fingerprint density at radius 1 is 0.350 bits per heavy atom. The Morgan fingerprint density at radius 3 is 1.67 bits per heavy atom. The van der Waals surface area contributed by atoms with Gasteiger partial charge < -0.3 is 4.90 Å². The van der Waals surface area contributed by atoms with E-state index in [0.29, 0.717) is 0 Å². The fourth-order valence-corrected chi connectivity index (χ4v) is 9.01. The first-order valence-corrected chi connectivity index (χ1v) is 20.7. The van der Waals surface area contributed by atoms with Gasteiger partial charge in [0.1, 0.15) is 0 Å². The second kappa shape index (κ2) is 14.3. The number of anilines is 3.